The van der Waals surface area contributed by atoms with Crippen molar-refractivity contribution < 1.29 is 23.8 Å². The Balaban J connectivity index is 1.52. The van der Waals surface area contributed by atoms with Crippen LogP contribution in [0.25, 0.3) is 0 Å². The van der Waals surface area contributed by atoms with Gasteiger partial charge in [0.2, 0.25) is 6.79 Å². The van der Waals surface area contributed by atoms with E-state index in [1.807, 2.05) is 0 Å². The smallest absolute Gasteiger partial charge is 0.251 e. The van der Waals surface area contributed by atoms with Crippen LogP contribution in [-0.2, 0) is 0 Å². The van der Waals surface area contributed by atoms with Crippen molar-refractivity contribution in [2.24, 2.45) is 0 Å². The highest BCUT2D eigenvalue weighted by Gasteiger charge is 2.16. The molecule has 0 fully saturated rings. The highest BCUT2D eigenvalue weighted by atomic mass is 16.7. The molecule has 1 aliphatic rings. The number of aliphatic hydroxyl groups is 1. The van der Waals surface area contributed by atoms with Gasteiger partial charge >= 0.3 is 0 Å². The van der Waals surface area contributed by atoms with E-state index in [2.05, 4.69) is 5.32 Å². The quantitative estimate of drug-likeness (QED) is 0.878. The molecular formula is C15H15NO5. The van der Waals surface area contributed by atoms with Crippen molar-refractivity contribution >= 4 is 5.91 Å². The van der Waals surface area contributed by atoms with E-state index in [1.54, 1.807) is 30.3 Å². The van der Waals surface area contributed by atoms with E-state index in [1.165, 1.54) is 6.26 Å². The number of aliphatic hydroxyl groups excluding tert-OH is 1. The molecule has 2 heterocycles. The molecule has 1 aromatic heterocycles. The van der Waals surface area contributed by atoms with E-state index >= 15 is 0 Å². The molecule has 0 unspecified atom stereocenters. The van der Waals surface area contributed by atoms with Gasteiger partial charge in [0.1, 0.15) is 11.9 Å². The Morgan fingerprint density at radius 3 is 2.95 bits per heavy atom. The standard InChI is InChI=1S/C15H15NO5/c17-11(12-2-1-7-19-12)5-6-16-15(18)10-3-4-13-14(8-10)21-9-20-13/h1-4,7-8,11,17H,5-6,9H2,(H,16,18)/t11-/m1/s1. The van der Waals surface area contributed by atoms with Gasteiger partial charge in [-0.25, -0.2) is 0 Å². The minimum absolute atomic E-state index is 0.176. The fraction of sp³-hybridized carbons (Fsp3) is 0.267. The first kappa shape index (κ1) is 13.5. The highest BCUT2D eigenvalue weighted by Crippen LogP contribution is 2.32. The normalized spacial score (nSPS) is 14.0. The van der Waals surface area contributed by atoms with Crippen molar-refractivity contribution in [2.45, 2.75) is 12.5 Å². The van der Waals surface area contributed by atoms with Crippen molar-refractivity contribution in [1.82, 2.24) is 5.32 Å². The number of carbonyl (C=O) groups excluding carboxylic acids is 1. The summed E-state index contributed by atoms with van der Waals surface area (Å²) in [5, 5.41) is 12.6. The molecule has 6 heteroatoms. The summed E-state index contributed by atoms with van der Waals surface area (Å²) in [6.45, 7) is 0.519. The zero-order chi connectivity index (χ0) is 14.7. The zero-order valence-electron chi connectivity index (χ0n) is 11.2. The van der Waals surface area contributed by atoms with Gasteiger partial charge in [0, 0.05) is 12.1 Å². The largest absolute Gasteiger partial charge is 0.467 e. The van der Waals surface area contributed by atoms with E-state index in [0.717, 1.165) is 0 Å². The van der Waals surface area contributed by atoms with Gasteiger partial charge in [-0.3, -0.25) is 4.79 Å². The molecule has 2 N–H and O–H groups in total. The Labute approximate surface area is 121 Å². The summed E-state index contributed by atoms with van der Waals surface area (Å²) in [4.78, 5) is 12.0. The first-order valence-electron chi connectivity index (χ1n) is 6.63. The molecule has 6 nitrogen and oxygen atoms in total. The number of hydrogen-bond acceptors (Lipinski definition) is 5. The second-order valence-corrected chi connectivity index (χ2v) is 4.64. The maximum atomic E-state index is 12.0. The molecule has 1 atom stereocenters. The number of benzene rings is 1. The van der Waals surface area contributed by atoms with Crippen molar-refractivity contribution in [1.29, 1.82) is 0 Å². The Morgan fingerprint density at radius 1 is 1.29 bits per heavy atom. The summed E-state index contributed by atoms with van der Waals surface area (Å²) < 4.78 is 15.5. The minimum atomic E-state index is -0.725. The lowest BCUT2D eigenvalue weighted by Crippen LogP contribution is -2.25. The summed E-state index contributed by atoms with van der Waals surface area (Å²) in [7, 11) is 0. The van der Waals surface area contributed by atoms with Gasteiger partial charge in [-0.1, -0.05) is 0 Å². The van der Waals surface area contributed by atoms with Crippen LogP contribution in [0.1, 0.15) is 28.6 Å². The van der Waals surface area contributed by atoms with Gasteiger partial charge in [-0.05, 0) is 36.8 Å². The molecule has 0 saturated heterocycles. The second-order valence-electron chi connectivity index (χ2n) is 4.64. The summed E-state index contributed by atoms with van der Waals surface area (Å²) in [6.07, 6.45) is 1.16. The monoisotopic (exact) mass is 289 g/mol. The van der Waals surface area contributed by atoms with Crippen LogP contribution in [0.2, 0.25) is 0 Å². The summed E-state index contributed by atoms with van der Waals surface area (Å²) >= 11 is 0. The highest BCUT2D eigenvalue weighted by molar-refractivity contribution is 5.94. The van der Waals surface area contributed by atoms with Crippen molar-refractivity contribution in [3.8, 4) is 11.5 Å². The van der Waals surface area contributed by atoms with Gasteiger partial charge in [-0.15, -0.1) is 0 Å². The fourth-order valence-electron chi connectivity index (χ4n) is 2.09. The molecule has 0 saturated carbocycles. The van der Waals surface area contributed by atoms with Gasteiger partial charge in [0.15, 0.2) is 11.5 Å². The number of furan rings is 1. The topological polar surface area (TPSA) is 80.9 Å². The van der Waals surface area contributed by atoms with Crippen LogP contribution in [0.3, 0.4) is 0 Å². The molecule has 21 heavy (non-hydrogen) atoms. The summed E-state index contributed by atoms with van der Waals surface area (Å²) in [5.41, 5.74) is 0.492. The first-order valence-corrected chi connectivity index (χ1v) is 6.63. The Kier molecular flexibility index (Phi) is 3.79. The van der Waals surface area contributed by atoms with Crippen LogP contribution in [0, 0.1) is 0 Å². The van der Waals surface area contributed by atoms with Crippen LogP contribution in [0.4, 0.5) is 0 Å². The Morgan fingerprint density at radius 2 is 2.14 bits per heavy atom. The van der Waals surface area contributed by atoms with Crippen LogP contribution < -0.4 is 14.8 Å². The Bertz CT molecular complexity index is 623. The number of amides is 1. The van der Waals surface area contributed by atoms with Crippen molar-refractivity contribution in [3.05, 3.63) is 47.9 Å². The molecule has 1 aliphatic heterocycles. The number of carbonyl (C=O) groups is 1. The van der Waals surface area contributed by atoms with Gasteiger partial charge in [0.05, 0.1) is 6.26 Å². The maximum absolute atomic E-state index is 12.0. The molecule has 0 aliphatic carbocycles. The van der Waals surface area contributed by atoms with Gasteiger partial charge in [0.25, 0.3) is 5.91 Å². The van der Waals surface area contributed by atoms with Crippen LogP contribution in [-0.4, -0.2) is 24.4 Å². The molecule has 1 aromatic carbocycles. The van der Waals surface area contributed by atoms with Crippen LogP contribution in [0.15, 0.2) is 41.0 Å². The molecule has 0 spiro atoms. The summed E-state index contributed by atoms with van der Waals surface area (Å²) in [5.74, 6) is 1.48. The first-order chi connectivity index (χ1) is 10.2. The number of nitrogens with one attached hydrogen (secondary N) is 1. The number of ether oxygens (including phenoxy) is 2. The number of rotatable bonds is 5. The molecule has 2 aromatic rings. The van der Waals surface area contributed by atoms with Crippen LogP contribution in [0.5, 0.6) is 11.5 Å². The molecule has 3 rings (SSSR count). The average molecular weight is 289 g/mol. The van der Waals surface area contributed by atoms with Crippen LogP contribution >= 0.6 is 0 Å². The predicted octanol–water partition coefficient (Wildman–Crippen LogP) is 1.86. The van der Waals surface area contributed by atoms with E-state index in [9.17, 15) is 9.90 Å². The lowest BCUT2D eigenvalue weighted by Gasteiger charge is -2.09. The molecule has 0 bridgehead atoms. The predicted molar refractivity (Wildman–Crippen MR) is 73.2 cm³/mol. The Hall–Kier alpha value is -2.47. The third kappa shape index (κ3) is 3.00. The molecule has 110 valence electrons. The van der Waals surface area contributed by atoms with Gasteiger partial charge < -0.3 is 24.3 Å². The number of fused-ring (bicyclic) bond motifs is 1. The molecule has 1 amide bonds. The third-order valence-corrected chi connectivity index (χ3v) is 3.21. The van der Waals surface area contributed by atoms with Crippen molar-refractivity contribution in [3.63, 3.8) is 0 Å². The fourth-order valence-corrected chi connectivity index (χ4v) is 2.09. The maximum Gasteiger partial charge on any atom is 0.251 e. The summed E-state index contributed by atoms with van der Waals surface area (Å²) in [6, 6.07) is 8.43. The zero-order valence-corrected chi connectivity index (χ0v) is 11.2. The lowest BCUT2D eigenvalue weighted by atomic mass is 10.1. The molecular weight excluding hydrogens is 274 g/mol. The lowest BCUT2D eigenvalue weighted by molar-refractivity contribution is 0.0935. The van der Waals surface area contributed by atoms with E-state index in [-0.39, 0.29) is 12.7 Å². The number of hydrogen-bond donors (Lipinski definition) is 2. The van der Waals surface area contributed by atoms with E-state index in [4.69, 9.17) is 13.9 Å². The second kappa shape index (κ2) is 5.88. The van der Waals surface area contributed by atoms with E-state index < -0.39 is 6.10 Å². The van der Waals surface area contributed by atoms with E-state index in [0.29, 0.717) is 35.8 Å². The van der Waals surface area contributed by atoms with Gasteiger partial charge in [-0.2, -0.15) is 0 Å². The average Bonchev–Trinajstić information content (AvgIpc) is 3.17. The third-order valence-electron chi connectivity index (χ3n) is 3.21. The SMILES string of the molecule is O=C(NCC[C@@H](O)c1ccco1)c1ccc2c(c1)OCO2. The molecule has 0 radical (unpaired) electrons. The minimum Gasteiger partial charge on any atom is -0.467 e. The van der Waals surface area contributed by atoms with Crippen molar-refractivity contribution in [2.75, 3.05) is 13.3 Å².